The number of anilines is 3. The lowest BCUT2D eigenvalue weighted by Gasteiger charge is -2.18. The van der Waals surface area contributed by atoms with E-state index in [-0.39, 0.29) is 6.61 Å². The number of benzene rings is 1. The summed E-state index contributed by atoms with van der Waals surface area (Å²) in [5.41, 5.74) is 2.57. The van der Waals surface area contributed by atoms with Gasteiger partial charge in [-0.3, -0.25) is 0 Å². The first-order chi connectivity index (χ1) is 9.38. The van der Waals surface area contributed by atoms with Gasteiger partial charge in [0.25, 0.3) is 0 Å². The molecule has 0 amide bonds. The third-order valence-corrected chi connectivity index (χ3v) is 3.23. The maximum atomic E-state index is 8.82. The van der Waals surface area contributed by atoms with Crippen molar-refractivity contribution in [3.8, 4) is 0 Å². The number of nitrogens with one attached hydrogen (secondary N) is 1. The summed E-state index contributed by atoms with van der Waals surface area (Å²) < 4.78 is 0. The fourth-order valence-electron chi connectivity index (χ4n) is 2.35. The van der Waals surface area contributed by atoms with Gasteiger partial charge in [0.1, 0.15) is 18.0 Å². The Bertz CT molecular complexity index is 573. The van der Waals surface area contributed by atoms with E-state index in [1.165, 1.54) is 11.3 Å². The Hall–Kier alpha value is -2.14. The first-order valence-electron chi connectivity index (χ1n) is 6.41. The van der Waals surface area contributed by atoms with E-state index in [2.05, 4.69) is 38.4 Å². The standard InChI is InChI=1S/C14H16N4O/c19-8-6-15-13-9-14(17-10-16-13)18-7-5-11-3-1-2-4-12(11)18/h1-4,9-10,19H,5-8H2,(H,15,16,17). The van der Waals surface area contributed by atoms with Gasteiger partial charge < -0.3 is 15.3 Å². The van der Waals surface area contributed by atoms with E-state index in [4.69, 9.17) is 5.11 Å². The molecule has 1 aliphatic rings. The van der Waals surface area contributed by atoms with Crippen LogP contribution in [0.3, 0.4) is 0 Å². The molecule has 3 rings (SSSR count). The average Bonchev–Trinajstić information content (AvgIpc) is 2.89. The third kappa shape index (κ3) is 2.37. The summed E-state index contributed by atoms with van der Waals surface area (Å²) in [6.45, 7) is 1.52. The van der Waals surface area contributed by atoms with Gasteiger partial charge >= 0.3 is 0 Å². The molecule has 0 fully saturated rings. The lowest BCUT2D eigenvalue weighted by molar-refractivity contribution is 0.311. The molecule has 0 radical (unpaired) electrons. The summed E-state index contributed by atoms with van der Waals surface area (Å²) in [6.07, 6.45) is 2.59. The zero-order valence-corrected chi connectivity index (χ0v) is 10.6. The summed E-state index contributed by atoms with van der Waals surface area (Å²) in [6, 6.07) is 10.3. The molecule has 1 aromatic heterocycles. The molecule has 0 saturated heterocycles. The van der Waals surface area contributed by atoms with E-state index in [0.29, 0.717) is 6.54 Å². The van der Waals surface area contributed by atoms with Gasteiger partial charge in [-0.1, -0.05) is 18.2 Å². The van der Waals surface area contributed by atoms with E-state index >= 15 is 0 Å². The molecular weight excluding hydrogens is 240 g/mol. The SMILES string of the molecule is OCCNc1cc(N2CCc3ccccc32)ncn1. The molecule has 1 aromatic carbocycles. The lowest BCUT2D eigenvalue weighted by atomic mass is 10.2. The van der Waals surface area contributed by atoms with Crippen molar-refractivity contribution in [1.29, 1.82) is 0 Å². The molecule has 19 heavy (non-hydrogen) atoms. The first-order valence-corrected chi connectivity index (χ1v) is 6.41. The van der Waals surface area contributed by atoms with Crippen LogP contribution in [0.5, 0.6) is 0 Å². The number of para-hydroxylation sites is 1. The first kappa shape index (κ1) is 11.9. The Labute approximate surface area is 111 Å². The van der Waals surface area contributed by atoms with Crippen LogP contribution < -0.4 is 10.2 Å². The number of fused-ring (bicyclic) bond motifs is 1. The van der Waals surface area contributed by atoms with Gasteiger partial charge in [0.15, 0.2) is 0 Å². The molecule has 0 unspecified atom stereocenters. The van der Waals surface area contributed by atoms with Crippen LogP contribution in [0.2, 0.25) is 0 Å². The highest BCUT2D eigenvalue weighted by Crippen LogP contribution is 2.33. The summed E-state index contributed by atoms with van der Waals surface area (Å²) in [4.78, 5) is 10.7. The van der Waals surface area contributed by atoms with Crippen molar-refractivity contribution in [3.05, 3.63) is 42.2 Å². The van der Waals surface area contributed by atoms with E-state index < -0.39 is 0 Å². The quantitative estimate of drug-likeness (QED) is 0.869. The molecule has 0 aliphatic carbocycles. The van der Waals surface area contributed by atoms with Gasteiger partial charge in [-0.2, -0.15) is 0 Å². The van der Waals surface area contributed by atoms with Gasteiger partial charge in [-0.05, 0) is 18.1 Å². The number of hydrogen-bond donors (Lipinski definition) is 2. The van der Waals surface area contributed by atoms with E-state index in [9.17, 15) is 0 Å². The smallest absolute Gasteiger partial charge is 0.138 e. The van der Waals surface area contributed by atoms with E-state index in [0.717, 1.165) is 24.6 Å². The largest absolute Gasteiger partial charge is 0.395 e. The van der Waals surface area contributed by atoms with Gasteiger partial charge in [0.2, 0.25) is 0 Å². The number of hydrogen-bond acceptors (Lipinski definition) is 5. The van der Waals surface area contributed by atoms with Gasteiger partial charge in [0, 0.05) is 24.8 Å². The highest BCUT2D eigenvalue weighted by Gasteiger charge is 2.20. The molecule has 2 heterocycles. The maximum Gasteiger partial charge on any atom is 0.138 e. The minimum absolute atomic E-state index is 0.0892. The number of aliphatic hydroxyl groups excluding tert-OH is 1. The average molecular weight is 256 g/mol. The second-order valence-electron chi connectivity index (χ2n) is 4.44. The minimum atomic E-state index is 0.0892. The Kier molecular flexibility index (Phi) is 3.29. The zero-order valence-electron chi connectivity index (χ0n) is 10.6. The van der Waals surface area contributed by atoms with Crippen LogP contribution in [0, 0.1) is 0 Å². The fourth-order valence-corrected chi connectivity index (χ4v) is 2.35. The predicted molar refractivity (Wildman–Crippen MR) is 74.8 cm³/mol. The number of aromatic nitrogens is 2. The Morgan fingerprint density at radius 2 is 2.16 bits per heavy atom. The van der Waals surface area contributed by atoms with Crippen LogP contribution >= 0.6 is 0 Å². The molecule has 2 N–H and O–H groups in total. The second kappa shape index (κ2) is 5.24. The molecule has 0 bridgehead atoms. The van der Waals surface area contributed by atoms with Crippen molar-refractivity contribution in [2.75, 3.05) is 29.9 Å². The molecule has 1 aliphatic heterocycles. The topological polar surface area (TPSA) is 61.3 Å². The highest BCUT2D eigenvalue weighted by molar-refractivity contribution is 5.68. The number of rotatable bonds is 4. The van der Waals surface area contributed by atoms with Gasteiger partial charge in [0.05, 0.1) is 6.61 Å². The summed E-state index contributed by atoms with van der Waals surface area (Å²) in [5, 5.41) is 11.9. The Morgan fingerprint density at radius 1 is 1.26 bits per heavy atom. The van der Waals surface area contributed by atoms with Crippen molar-refractivity contribution in [1.82, 2.24) is 9.97 Å². The van der Waals surface area contributed by atoms with Crippen LogP contribution in [0.4, 0.5) is 17.3 Å². The minimum Gasteiger partial charge on any atom is -0.395 e. The van der Waals surface area contributed by atoms with E-state index in [1.54, 1.807) is 6.33 Å². The van der Waals surface area contributed by atoms with Crippen molar-refractivity contribution >= 4 is 17.3 Å². The molecule has 5 nitrogen and oxygen atoms in total. The molecule has 0 saturated carbocycles. The zero-order chi connectivity index (χ0) is 13.1. The molecular formula is C14H16N4O. The molecule has 0 atom stereocenters. The maximum absolute atomic E-state index is 8.82. The van der Waals surface area contributed by atoms with Crippen molar-refractivity contribution < 1.29 is 5.11 Å². The summed E-state index contributed by atoms with van der Waals surface area (Å²) in [7, 11) is 0. The van der Waals surface area contributed by atoms with E-state index in [1.807, 2.05) is 12.1 Å². The monoisotopic (exact) mass is 256 g/mol. The fraction of sp³-hybridized carbons (Fsp3) is 0.286. The van der Waals surface area contributed by atoms with Crippen LogP contribution in [0.15, 0.2) is 36.7 Å². The highest BCUT2D eigenvalue weighted by atomic mass is 16.3. The van der Waals surface area contributed by atoms with Crippen molar-refractivity contribution in [2.45, 2.75) is 6.42 Å². The summed E-state index contributed by atoms with van der Waals surface area (Å²) in [5.74, 6) is 1.63. The van der Waals surface area contributed by atoms with Crippen molar-refractivity contribution in [2.24, 2.45) is 0 Å². The van der Waals surface area contributed by atoms with Crippen LogP contribution in [0.1, 0.15) is 5.56 Å². The second-order valence-corrected chi connectivity index (χ2v) is 4.44. The Morgan fingerprint density at radius 3 is 3.05 bits per heavy atom. The van der Waals surface area contributed by atoms with Gasteiger partial charge in [-0.25, -0.2) is 9.97 Å². The Balaban J connectivity index is 1.87. The number of aliphatic hydroxyl groups is 1. The molecule has 0 spiro atoms. The lowest BCUT2D eigenvalue weighted by Crippen LogP contribution is -2.16. The predicted octanol–water partition coefficient (Wildman–Crippen LogP) is 1.57. The molecule has 2 aromatic rings. The third-order valence-electron chi connectivity index (χ3n) is 3.23. The van der Waals surface area contributed by atoms with Crippen LogP contribution in [-0.2, 0) is 6.42 Å². The summed E-state index contributed by atoms with van der Waals surface area (Å²) >= 11 is 0. The number of nitrogens with zero attached hydrogens (tertiary/aromatic N) is 3. The van der Waals surface area contributed by atoms with Gasteiger partial charge in [-0.15, -0.1) is 0 Å². The molecule has 98 valence electrons. The van der Waals surface area contributed by atoms with Crippen molar-refractivity contribution in [3.63, 3.8) is 0 Å². The van der Waals surface area contributed by atoms with Crippen LogP contribution in [-0.4, -0.2) is 34.8 Å². The normalized spacial score (nSPS) is 13.4. The van der Waals surface area contributed by atoms with Crippen LogP contribution in [0.25, 0.3) is 0 Å². The molecule has 5 heteroatoms.